The molecule has 3 aromatic rings. The van der Waals surface area contributed by atoms with Gasteiger partial charge >= 0.3 is 5.97 Å². The lowest BCUT2D eigenvalue weighted by Crippen LogP contribution is -2.05. The van der Waals surface area contributed by atoms with Crippen molar-refractivity contribution >= 4 is 34.3 Å². The first-order chi connectivity index (χ1) is 14.0. The topological polar surface area (TPSA) is 118 Å². The molecule has 0 amide bonds. The zero-order chi connectivity index (χ0) is 20.8. The summed E-state index contributed by atoms with van der Waals surface area (Å²) in [5, 5.41) is 25.6. The molecule has 0 saturated heterocycles. The van der Waals surface area contributed by atoms with Gasteiger partial charge in [-0.3, -0.25) is 10.1 Å². The van der Waals surface area contributed by atoms with Gasteiger partial charge in [-0.05, 0) is 12.1 Å². The van der Waals surface area contributed by atoms with E-state index in [4.69, 9.17) is 4.74 Å². The molecule has 1 N–H and O–H groups in total. The number of anilines is 1. The first-order valence-corrected chi connectivity index (χ1v) is 9.16. The quantitative estimate of drug-likeness (QED) is 0.277. The molecule has 0 aliphatic heterocycles. The van der Waals surface area contributed by atoms with E-state index in [0.29, 0.717) is 27.5 Å². The Morgan fingerprint density at radius 2 is 2.10 bits per heavy atom. The van der Waals surface area contributed by atoms with Gasteiger partial charge in [0, 0.05) is 29.3 Å². The number of rotatable bonds is 6. The molecule has 0 fully saturated rings. The number of para-hydroxylation sites is 1. The number of hydrogen-bond acceptors (Lipinski definition) is 8. The fourth-order valence-corrected chi connectivity index (χ4v) is 3.29. The Hall–Kier alpha value is -4.03. The van der Waals surface area contributed by atoms with Crippen LogP contribution in [0.5, 0.6) is 0 Å². The number of methoxy groups -OCH3 is 1. The van der Waals surface area contributed by atoms with Crippen LogP contribution in [0.1, 0.15) is 15.4 Å². The number of nitrogens with zero attached hydrogens (tertiary/aromatic N) is 3. The van der Waals surface area contributed by atoms with Crippen LogP contribution in [0, 0.1) is 21.4 Å². The van der Waals surface area contributed by atoms with E-state index in [1.165, 1.54) is 36.8 Å². The normalized spacial score (nSPS) is 10.8. The van der Waals surface area contributed by atoms with Crippen LogP contribution >= 0.6 is 11.3 Å². The predicted octanol–water partition coefficient (Wildman–Crippen LogP) is 4.48. The molecule has 0 unspecified atom stereocenters. The zero-order valence-electron chi connectivity index (χ0n) is 15.2. The van der Waals surface area contributed by atoms with E-state index in [0.717, 1.165) is 0 Å². The summed E-state index contributed by atoms with van der Waals surface area (Å²) in [7, 11) is 1.29. The molecule has 144 valence electrons. The maximum atomic E-state index is 11.8. The molecule has 9 heteroatoms. The van der Waals surface area contributed by atoms with Gasteiger partial charge in [-0.1, -0.05) is 24.3 Å². The highest BCUT2D eigenvalue weighted by atomic mass is 32.1. The third-order valence-electron chi connectivity index (χ3n) is 3.91. The van der Waals surface area contributed by atoms with Gasteiger partial charge in [0.05, 0.1) is 29.0 Å². The molecule has 0 atom stereocenters. The molecule has 0 aliphatic carbocycles. The fraction of sp³-hybridized carbons (Fsp3) is 0.0500. The number of hydrogen-bond donors (Lipinski definition) is 1. The molecule has 3 rings (SSSR count). The molecular weight excluding hydrogens is 392 g/mol. The Balaban J connectivity index is 1.87. The van der Waals surface area contributed by atoms with Gasteiger partial charge in [0.25, 0.3) is 5.69 Å². The second kappa shape index (κ2) is 8.77. The molecule has 0 spiro atoms. The summed E-state index contributed by atoms with van der Waals surface area (Å²) in [5.41, 5.74) is 2.16. The number of nitriles is 1. The van der Waals surface area contributed by atoms with Crippen molar-refractivity contribution < 1.29 is 14.5 Å². The number of aromatic nitrogens is 1. The van der Waals surface area contributed by atoms with Gasteiger partial charge in [0.2, 0.25) is 0 Å². The molecule has 0 aliphatic rings. The Labute approximate surface area is 169 Å². The maximum Gasteiger partial charge on any atom is 0.339 e. The van der Waals surface area contributed by atoms with E-state index in [2.05, 4.69) is 16.4 Å². The summed E-state index contributed by atoms with van der Waals surface area (Å²) < 4.78 is 4.75. The summed E-state index contributed by atoms with van der Waals surface area (Å²) in [4.78, 5) is 26.7. The summed E-state index contributed by atoms with van der Waals surface area (Å²) in [6.45, 7) is 0. The van der Waals surface area contributed by atoms with Crippen LogP contribution in [0.3, 0.4) is 0 Å². The summed E-state index contributed by atoms with van der Waals surface area (Å²) in [5.74, 6) is -0.498. The Kier molecular flexibility index (Phi) is 5.97. The lowest BCUT2D eigenvalue weighted by atomic mass is 10.1. The van der Waals surface area contributed by atoms with Crippen LogP contribution in [-0.4, -0.2) is 23.0 Å². The fourth-order valence-electron chi connectivity index (χ4n) is 2.50. The monoisotopic (exact) mass is 406 g/mol. The number of non-ortho nitro benzene ring substituents is 1. The van der Waals surface area contributed by atoms with Gasteiger partial charge in [-0.2, -0.15) is 5.26 Å². The van der Waals surface area contributed by atoms with Crippen molar-refractivity contribution in [2.75, 3.05) is 12.4 Å². The lowest BCUT2D eigenvalue weighted by Gasteiger charge is -2.07. The number of ether oxygens (including phenoxy) is 1. The largest absolute Gasteiger partial charge is 0.465 e. The highest BCUT2D eigenvalue weighted by Crippen LogP contribution is 2.28. The van der Waals surface area contributed by atoms with Crippen molar-refractivity contribution in [3.8, 4) is 17.3 Å². The number of esters is 1. The summed E-state index contributed by atoms with van der Waals surface area (Å²) >= 11 is 1.24. The predicted molar refractivity (Wildman–Crippen MR) is 109 cm³/mol. The Bertz CT molecular complexity index is 1150. The Morgan fingerprint density at radius 3 is 2.83 bits per heavy atom. The molecule has 0 bridgehead atoms. The average molecular weight is 406 g/mol. The molecule has 1 aromatic heterocycles. The molecule has 29 heavy (non-hydrogen) atoms. The van der Waals surface area contributed by atoms with E-state index < -0.39 is 10.9 Å². The molecular formula is C20H14N4O4S. The smallest absolute Gasteiger partial charge is 0.339 e. The van der Waals surface area contributed by atoms with Crippen molar-refractivity contribution in [1.82, 2.24) is 4.98 Å². The maximum absolute atomic E-state index is 11.8. The van der Waals surface area contributed by atoms with Crippen molar-refractivity contribution in [2.45, 2.75) is 0 Å². The third-order valence-corrected chi connectivity index (χ3v) is 4.79. The van der Waals surface area contributed by atoms with Crippen LogP contribution in [-0.2, 0) is 4.74 Å². The number of nitro groups is 1. The lowest BCUT2D eigenvalue weighted by molar-refractivity contribution is -0.384. The van der Waals surface area contributed by atoms with E-state index in [1.807, 2.05) is 0 Å². The van der Waals surface area contributed by atoms with Gasteiger partial charge < -0.3 is 10.1 Å². The highest BCUT2D eigenvalue weighted by Gasteiger charge is 2.13. The van der Waals surface area contributed by atoms with Crippen molar-refractivity contribution in [1.29, 1.82) is 5.26 Å². The first-order valence-electron chi connectivity index (χ1n) is 8.28. The second-order valence-electron chi connectivity index (χ2n) is 5.70. The van der Waals surface area contributed by atoms with Crippen LogP contribution in [0.15, 0.2) is 60.1 Å². The van der Waals surface area contributed by atoms with Gasteiger partial charge in [0.15, 0.2) is 0 Å². The molecule has 0 radical (unpaired) electrons. The molecule has 0 saturated carbocycles. The SMILES string of the molecule is COC(=O)c1ccccc1N/C=C(\C#N)c1nc(-c2cccc([N+](=O)[O-])c2)cs1. The van der Waals surface area contributed by atoms with Crippen LogP contribution in [0.2, 0.25) is 0 Å². The minimum absolute atomic E-state index is 0.0332. The van der Waals surface area contributed by atoms with E-state index in [1.54, 1.807) is 41.8 Å². The van der Waals surface area contributed by atoms with E-state index in [-0.39, 0.29) is 11.3 Å². The van der Waals surface area contributed by atoms with Crippen LogP contribution in [0.25, 0.3) is 16.8 Å². The van der Waals surface area contributed by atoms with Crippen molar-refractivity contribution in [2.24, 2.45) is 0 Å². The average Bonchev–Trinajstić information content (AvgIpc) is 3.24. The van der Waals surface area contributed by atoms with Gasteiger partial charge in [-0.25, -0.2) is 9.78 Å². The number of nitro benzene ring substituents is 1. The number of nitrogens with one attached hydrogen (secondary N) is 1. The highest BCUT2D eigenvalue weighted by molar-refractivity contribution is 7.11. The molecule has 1 heterocycles. The molecule has 2 aromatic carbocycles. The Morgan fingerprint density at radius 1 is 1.31 bits per heavy atom. The number of carbonyl (C=O) groups excluding carboxylic acids is 1. The van der Waals surface area contributed by atoms with E-state index >= 15 is 0 Å². The summed E-state index contributed by atoms with van der Waals surface area (Å²) in [6, 6.07) is 15.0. The second-order valence-corrected chi connectivity index (χ2v) is 6.55. The van der Waals surface area contributed by atoms with Gasteiger partial charge in [0.1, 0.15) is 16.6 Å². The van der Waals surface area contributed by atoms with E-state index in [9.17, 15) is 20.2 Å². The van der Waals surface area contributed by atoms with Crippen LogP contribution in [0.4, 0.5) is 11.4 Å². The number of allylic oxidation sites excluding steroid dienone is 1. The van der Waals surface area contributed by atoms with Gasteiger partial charge in [-0.15, -0.1) is 11.3 Å². The summed E-state index contributed by atoms with van der Waals surface area (Å²) in [6.07, 6.45) is 1.46. The third kappa shape index (κ3) is 4.45. The van der Waals surface area contributed by atoms with Crippen molar-refractivity contribution in [3.63, 3.8) is 0 Å². The minimum Gasteiger partial charge on any atom is -0.465 e. The number of carbonyl (C=O) groups is 1. The first kappa shape index (κ1) is 19.7. The number of benzene rings is 2. The number of thiazole rings is 1. The zero-order valence-corrected chi connectivity index (χ0v) is 16.0. The van der Waals surface area contributed by atoms with Crippen molar-refractivity contribution in [3.05, 3.63) is 80.8 Å². The minimum atomic E-state index is -0.498. The standard InChI is InChI=1S/C20H14N4O4S/c1-28-20(25)16-7-2-3-8-17(16)22-11-14(10-21)19-23-18(12-29-19)13-5-4-6-15(9-13)24(26)27/h2-9,11-12,22H,1H3/b14-11+. The molecule has 8 nitrogen and oxygen atoms in total. The van der Waals surface area contributed by atoms with Crippen LogP contribution < -0.4 is 5.32 Å².